The van der Waals surface area contributed by atoms with E-state index in [1.54, 1.807) is 11.9 Å². The van der Waals surface area contributed by atoms with Gasteiger partial charge in [0.1, 0.15) is 5.75 Å². The molecule has 0 radical (unpaired) electrons. The fourth-order valence-corrected chi connectivity index (χ4v) is 2.06. The highest BCUT2D eigenvalue weighted by Gasteiger charge is 2.20. The number of likely N-dealkylation sites (N-methyl/N-ethyl adjacent to an activating group) is 1. The Morgan fingerprint density at radius 3 is 2.57 bits per heavy atom. The molecule has 0 unspecified atom stereocenters. The highest BCUT2D eigenvalue weighted by Crippen LogP contribution is 2.32. The van der Waals surface area contributed by atoms with Crippen molar-refractivity contribution in [2.45, 2.75) is 39.5 Å². The number of benzene rings is 1. The first-order valence-corrected chi connectivity index (χ1v) is 7.43. The van der Waals surface area contributed by atoms with E-state index >= 15 is 0 Å². The molecule has 0 heterocycles. The van der Waals surface area contributed by atoms with Crippen molar-refractivity contribution in [2.75, 3.05) is 26.7 Å². The van der Waals surface area contributed by atoms with Crippen LogP contribution in [0.25, 0.3) is 0 Å². The number of aryl methyl sites for hydroxylation is 1. The summed E-state index contributed by atoms with van der Waals surface area (Å²) < 4.78 is 5.76. The Kier molecular flexibility index (Phi) is 6.21. The summed E-state index contributed by atoms with van der Waals surface area (Å²) in [5, 5.41) is 0. The van der Waals surface area contributed by atoms with E-state index in [-0.39, 0.29) is 17.9 Å². The highest BCUT2D eigenvalue weighted by atomic mass is 16.5. The molecule has 4 heteroatoms. The zero-order valence-corrected chi connectivity index (χ0v) is 13.9. The van der Waals surface area contributed by atoms with E-state index in [1.807, 2.05) is 12.1 Å². The van der Waals surface area contributed by atoms with Gasteiger partial charge in [-0.25, -0.2) is 0 Å². The Bertz CT molecular complexity index is 478. The molecule has 2 N–H and O–H groups in total. The van der Waals surface area contributed by atoms with Crippen LogP contribution >= 0.6 is 0 Å². The highest BCUT2D eigenvalue weighted by molar-refractivity contribution is 5.77. The minimum absolute atomic E-state index is 0.0180. The Hall–Kier alpha value is -1.55. The van der Waals surface area contributed by atoms with Gasteiger partial charge in [0.15, 0.2) is 6.61 Å². The number of ether oxygens (including phenoxy) is 1. The molecule has 0 spiro atoms. The predicted octanol–water partition coefficient (Wildman–Crippen LogP) is 2.48. The van der Waals surface area contributed by atoms with Gasteiger partial charge in [-0.3, -0.25) is 4.79 Å². The van der Waals surface area contributed by atoms with Crippen LogP contribution in [0.5, 0.6) is 5.75 Å². The molecule has 0 bridgehead atoms. The largest absolute Gasteiger partial charge is 0.483 e. The molecule has 0 fully saturated rings. The van der Waals surface area contributed by atoms with Crippen molar-refractivity contribution in [1.82, 2.24) is 4.90 Å². The summed E-state index contributed by atoms with van der Waals surface area (Å²) in [7, 11) is 1.78. The smallest absolute Gasteiger partial charge is 0.260 e. The van der Waals surface area contributed by atoms with E-state index < -0.39 is 0 Å². The molecule has 1 amide bonds. The lowest BCUT2D eigenvalue weighted by Crippen LogP contribution is -2.33. The first-order valence-electron chi connectivity index (χ1n) is 7.43. The fraction of sp³-hybridized carbons (Fsp3) is 0.588. The third kappa shape index (κ3) is 5.38. The predicted molar refractivity (Wildman–Crippen MR) is 86.7 cm³/mol. The minimum atomic E-state index is -0.0242. The second-order valence-corrected chi connectivity index (χ2v) is 6.50. The fourth-order valence-electron chi connectivity index (χ4n) is 2.06. The maximum atomic E-state index is 12.0. The number of amides is 1. The van der Waals surface area contributed by atoms with E-state index in [2.05, 4.69) is 33.8 Å². The first-order chi connectivity index (χ1) is 9.75. The van der Waals surface area contributed by atoms with E-state index in [9.17, 15) is 4.79 Å². The lowest BCUT2D eigenvalue weighted by atomic mass is 9.85. The third-order valence-corrected chi connectivity index (χ3v) is 3.42. The van der Waals surface area contributed by atoms with E-state index in [1.165, 1.54) is 5.56 Å². The maximum Gasteiger partial charge on any atom is 0.260 e. The normalized spacial score (nSPS) is 11.3. The van der Waals surface area contributed by atoms with Crippen molar-refractivity contribution in [3.8, 4) is 5.75 Å². The van der Waals surface area contributed by atoms with Crippen LogP contribution in [0.15, 0.2) is 18.2 Å². The molecule has 1 aromatic rings. The molecular weight excluding hydrogens is 264 g/mol. The first kappa shape index (κ1) is 17.5. The van der Waals surface area contributed by atoms with Gasteiger partial charge in [0.2, 0.25) is 0 Å². The van der Waals surface area contributed by atoms with Crippen LogP contribution in [-0.4, -0.2) is 37.6 Å². The second-order valence-electron chi connectivity index (χ2n) is 6.50. The van der Waals surface area contributed by atoms with Crippen molar-refractivity contribution < 1.29 is 9.53 Å². The molecule has 0 saturated carbocycles. The zero-order valence-electron chi connectivity index (χ0n) is 13.9. The van der Waals surface area contributed by atoms with Gasteiger partial charge in [0, 0.05) is 13.6 Å². The van der Waals surface area contributed by atoms with E-state index in [0.29, 0.717) is 13.1 Å². The number of carbonyl (C=O) groups is 1. The van der Waals surface area contributed by atoms with Gasteiger partial charge in [0.05, 0.1) is 0 Å². The number of hydrogen-bond acceptors (Lipinski definition) is 3. The quantitative estimate of drug-likeness (QED) is 0.876. The van der Waals surface area contributed by atoms with Gasteiger partial charge >= 0.3 is 0 Å². The molecule has 1 aromatic carbocycles. The molecule has 0 aromatic heterocycles. The van der Waals surface area contributed by atoms with Crippen molar-refractivity contribution in [1.29, 1.82) is 0 Å². The van der Waals surface area contributed by atoms with Crippen LogP contribution in [-0.2, 0) is 10.2 Å². The minimum Gasteiger partial charge on any atom is -0.483 e. The Balaban J connectivity index is 2.73. The number of nitrogens with two attached hydrogens (primary N) is 1. The van der Waals surface area contributed by atoms with Gasteiger partial charge < -0.3 is 15.4 Å². The second kappa shape index (κ2) is 7.46. The average Bonchev–Trinajstić information content (AvgIpc) is 2.41. The standard InChI is InChI=1S/C17H28N2O2/c1-13-7-8-15(14(11-13)17(2,3)4)21-12-16(20)19(5)10-6-9-18/h7-8,11H,6,9-10,12,18H2,1-5H3. The lowest BCUT2D eigenvalue weighted by molar-refractivity contribution is -0.132. The van der Waals surface area contributed by atoms with Gasteiger partial charge in [0.25, 0.3) is 5.91 Å². The molecule has 4 nitrogen and oxygen atoms in total. The number of rotatable bonds is 6. The van der Waals surface area contributed by atoms with E-state index in [0.717, 1.165) is 17.7 Å². The third-order valence-electron chi connectivity index (χ3n) is 3.42. The Morgan fingerprint density at radius 1 is 1.33 bits per heavy atom. The monoisotopic (exact) mass is 292 g/mol. The van der Waals surface area contributed by atoms with Gasteiger partial charge in [-0.2, -0.15) is 0 Å². The number of carbonyl (C=O) groups excluding carboxylic acids is 1. The molecule has 1 rings (SSSR count). The maximum absolute atomic E-state index is 12.0. The molecular formula is C17H28N2O2. The van der Waals surface area contributed by atoms with Crippen LogP contribution < -0.4 is 10.5 Å². The summed E-state index contributed by atoms with van der Waals surface area (Å²) >= 11 is 0. The van der Waals surface area contributed by atoms with Crippen LogP contribution in [0.2, 0.25) is 0 Å². The summed E-state index contributed by atoms with van der Waals surface area (Å²) in [4.78, 5) is 13.7. The summed E-state index contributed by atoms with van der Waals surface area (Å²) in [6, 6.07) is 6.08. The summed E-state index contributed by atoms with van der Waals surface area (Å²) in [5.41, 5.74) is 7.75. The van der Waals surface area contributed by atoms with E-state index in [4.69, 9.17) is 10.5 Å². The van der Waals surface area contributed by atoms with Crippen molar-refractivity contribution in [3.63, 3.8) is 0 Å². The molecule has 118 valence electrons. The molecule has 0 aliphatic carbocycles. The summed E-state index contributed by atoms with van der Waals surface area (Å²) in [6.07, 6.45) is 0.806. The molecule has 0 aliphatic heterocycles. The average molecular weight is 292 g/mol. The van der Waals surface area contributed by atoms with Gasteiger partial charge in [-0.1, -0.05) is 38.5 Å². The van der Waals surface area contributed by atoms with Crippen molar-refractivity contribution in [3.05, 3.63) is 29.3 Å². The molecule has 0 atom stereocenters. The topological polar surface area (TPSA) is 55.6 Å². The van der Waals surface area contributed by atoms with Gasteiger partial charge in [-0.05, 0) is 36.9 Å². The van der Waals surface area contributed by atoms with Crippen LogP contribution in [0.4, 0.5) is 0 Å². The lowest BCUT2D eigenvalue weighted by Gasteiger charge is -2.24. The number of hydrogen-bond donors (Lipinski definition) is 1. The summed E-state index contributed by atoms with van der Waals surface area (Å²) in [6.45, 7) is 9.80. The Labute approximate surface area is 128 Å². The van der Waals surface area contributed by atoms with Crippen LogP contribution in [0.3, 0.4) is 0 Å². The van der Waals surface area contributed by atoms with Gasteiger partial charge in [-0.15, -0.1) is 0 Å². The van der Waals surface area contributed by atoms with Crippen LogP contribution in [0.1, 0.15) is 38.3 Å². The molecule has 0 saturated heterocycles. The zero-order chi connectivity index (χ0) is 16.0. The molecule has 21 heavy (non-hydrogen) atoms. The SMILES string of the molecule is Cc1ccc(OCC(=O)N(C)CCCN)c(C(C)(C)C)c1. The summed E-state index contributed by atoms with van der Waals surface area (Å²) in [5.74, 6) is 0.762. The molecule has 0 aliphatic rings. The van der Waals surface area contributed by atoms with Crippen LogP contribution in [0, 0.1) is 6.92 Å². The van der Waals surface area contributed by atoms with Crippen molar-refractivity contribution in [2.24, 2.45) is 5.73 Å². The number of nitrogens with zero attached hydrogens (tertiary/aromatic N) is 1. The Morgan fingerprint density at radius 2 is 2.00 bits per heavy atom. The van der Waals surface area contributed by atoms with Crippen molar-refractivity contribution >= 4 is 5.91 Å².